The van der Waals surface area contributed by atoms with Crippen molar-refractivity contribution >= 4 is 18.2 Å². The largest absolute Gasteiger partial charge is 0.496 e. The second-order valence-corrected chi connectivity index (χ2v) is 3.59. The normalized spacial score (nSPS) is 11.3. The molecule has 0 aliphatic carbocycles. The van der Waals surface area contributed by atoms with Crippen molar-refractivity contribution in [2.45, 2.75) is 6.92 Å². The molecule has 0 amide bonds. The van der Waals surface area contributed by atoms with Crippen molar-refractivity contribution < 1.29 is 4.74 Å². The zero-order valence-corrected chi connectivity index (χ0v) is 10.3. The molecule has 0 aromatic carbocycles. The van der Waals surface area contributed by atoms with E-state index in [0.717, 1.165) is 28.3 Å². The molecule has 0 saturated carbocycles. The Morgan fingerprint density at radius 2 is 2.33 bits per heavy atom. The Hall–Kier alpha value is -2.43. The molecular formula is C13H14N4O. The summed E-state index contributed by atoms with van der Waals surface area (Å²) in [6.07, 6.45) is 7.08. The summed E-state index contributed by atoms with van der Waals surface area (Å²) in [5.41, 5.74) is 3.26. The molecule has 1 N–H and O–H groups in total. The lowest BCUT2D eigenvalue weighted by Crippen LogP contribution is -1.91. The van der Waals surface area contributed by atoms with Gasteiger partial charge < -0.3 is 4.74 Å². The second kappa shape index (κ2) is 5.27. The number of ether oxygens (including phenoxy) is 1. The highest BCUT2D eigenvalue weighted by Gasteiger charge is 2.10. The number of rotatable bonds is 4. The van der Waals surface area contributed by atoms with Gasteiger partial charge in [-0.05, 0) is 25.8 Å². The lowest BCUT2D eigenvalue weighted by molar-refractivity contribution is 0.369. The summed E-state index contributed by atoms with van der Waals surface area (Å²) in [6, 6.07) is 1.86. The Morgan fingerprint density at radius 1 is 1.50 bits per heavy atom. The van der Waals surface area contributed by atoms with Crippen molar-refractivity contribution in [1.82, 2.24) is 15.2 Å². The third-order valence-electron chi connectivity index (χ3n) is 2.59. The van der Waals surface area contributed by atoms with Crippen molar-refractivity contribution in [1.29, 1.82) is 0 Å². The van der Waals surface area contributed by atoms with Gasteiger partial charge >= 0.3 is 0 Å². The molecule has 5 nitrogen and oxygen atoms in total. The van der Waals surface area contributed by atoms with Gasteiger partial charge in [0.05, 0.1) is 30.3 Å². The maximum atomic E-state index is 5.27. The first kappa shape index (κ1) is 12.0. The summed E-state index contributed by atoms with van der Waals surface area (Å²) in [4.78, 5) is 8.39. The molecule has 0 unspecified atom stereocenters. The van der Waals surface area contributed by atoms with E-state index in [4.69, 9.17) is 4.74 Å². The van der Waals surface area contributed by atoms with Gasteiger partial charge in [0, 0.05) is 18.0 Å². The molecule has 0 aliphatic heterocycles. The summed E-state index contributed by atoms with van der Waals surface area (Å²) >= 11 is 0. The molecule has 0 spiro atoms. The average molecular weight is 242 g/mol. The first-order valence-electron chi connectivity index (χ1n) is 5.46. The number of nitrogens with zero attached hydrogens (tertiary/aromatic N) is 3. The Kier molecular flexibility index (Phi) is 3.52. The van der Waals surface area contributed by atoms with Crippen molar-refractivity contribution in [3.8, 4) is 11.3 Å². The lowest BCUT2D eigenvalue weighted by Gasteiger charge is -2.09. The number of pyridine rings is 1. The van der Waals surface area contributed by atoms with Crippen LogP contribution in [0.1, 0.15) is 12.5 Å². The van der Waals surface area contributed by atoms with Crippen LogP contribution in [0.5, 0.6) is 0 Å². The van der Waals surface area contributed by atoms with E-state index >= 15 is 0 Å². The third-order valence-corrected chi connectivity index (χ3v) is 2.59. The SMILES string of the molecule is C=Nc1cc(-c2cn[nH]c2)ncc1/C(=C\C)OC. The van der Waals surface area contributed by atoms with Crippen LogP contribution in [-0.2, 0) is 4.74 Å². The zero-order chi connectivity index (χ0) is 13.0. The highest BCUT2D eigenvalue weighted by molar-refractivity contribution is 5.74. The van der Waals surface area contributed by atoms with Gasteiger partial charge in [0.2, 0.25) is 0 Å². The van der Waals surface area contributed by atoms with Crippen LogP contribution in [-0.4, -0.2) is 29.0 Å². The van der Waals surface area contributed by atoms with Crippen molar-refractivity contribution in [2.75, 3.05) is 7.11 Å². The minimum atomic E-state index is 0.726. The fraction of sp³-hybridized carbons (Fsp3) is 0.154. The zero-order valence-electron chi connectivity index (χ0n) is 10.3. The number of aliphatic imine (C=N–C) groups is 1. The number of nitrogens with one attached hydrogen (secondary N) is 1. The van der Waals surface area contributed by atoms with Crippen LogP contribution in [0.3, 0.4) is 0 Å². The van der Waals surface area contributed by atoms with Gasteiger partial charge in [0.15, 0.2) is 0 Å². The van der Waals surface area contributed by atoms with Crippen LogP contribution in [0.25, 0.3) is 17.0 Å². The number of methoxy groups -OCH3 is 1. The van der Waals surface area contributed by atoms with Crippen LogP contribution >= 0.6 is 0 Å². The molecule has 18 heavy (non-hydrogen) atoms. The van der Waals surface area contributed by atoms with Gasteiger partial charge in [-0.15, -0.1) is 0 Å². The smallest absolute Gasteiger partial charge is 0.125 e. The highest BCUT2D eigenvalue weighted by Crippen LogP contribution is 2.29. The second-order valence-electron chi connectivity index (χ2n) is 3.59. The molecule has 0 aliphatic rings. The fourth-order valence-corrected chi connectivity index (χ4v) is 1.70. The van der Waals surface area contributed by atoms with Gasteiger partial charge in [0.1, 0.15) is 5.76 Å². The van der Waals surface area contributed by atoms with Crippen LogP contribution in [0, 0.1) is 0 Å². The maximum Gasteiger partial charge on any atom is 0.125 e. The predicted molar refractivity (Wildman–Crippen MR) is 71.7 cm³/mol. The Labute approximate surface area is 105 Å². The van der Waals surface area contributed by atoms with Crippen LogP contribution in [0.15, 0.2) is 35.7 Å². The summed E-state index contributed by atoms with van der Waals surface area (Å²) in [7, 11) is 1.62. The summed E-state index contributed by atoms with van der Waals surface area (Å²) < 4.78 is 5.27. The average Bonchev–Trinajstić information content (AvgIpc) is 2.94. The summed E-state index contributed by atoms with van der Waals surface area (Å²) in [5, 5.41) is 6.65. The van der Waals surface area contributed by atoms with Crippen LogP contribution in [0.2, 0.25) is 0 Å². The molecule has 0 fully saturated rings. The van der Waals surface area contributed by atoms with E-state index in [9.17, 15) is 0 Å². The van der Waals surface area contributed by atoms with Crippen LogP contribution in [0.4, 0.5) is 5.69 Å². The molecule has 0 radical (unpaired) electrons. The molecule has 92 valence electrons. The number of hydrogen-bond acceptors (Lipinski definition) is 4. The lowest BCUT2D eigenvalue weighted by atomic mass is 10.1. The molecule has 0 bridgehead atoms. The Morgan fingerprint density at radius 3 is 2.89 bits per heavy atom. The summed E-state index contributed by atoms with van der Waals surface area (Å²) in [5.74, 6) is 0.726. The van der Waals surface area contributed by atoms with Crippen LogP contribution < -0.4 is 0 Å². The summed E-state index contributed by atoms with van der Waals surface area (Å²) in [6.45, 7) is 5.48. The van der Waals surface area contributed by atoms with Gasteiger partial charge in [-0.3, -0.25) is 15.1 Å². The molecule has 2 rings (SSSR count). The molecule has 5 heteroatoms. The first-order valence-corrected chi connectivity index (χ1v) is 5.46. The Bertz CT molecular complexity index is 573. The monoisotopic (exact) mass is 242 g/mol. The van der Waals surface area contributed by atoms with E-state index in [0.29, 0.717) is 0 Å². The van der Waals surface area contributed by atoms with E-state index in [-0.39, 0.29) is 0 Å². The van der Waals surface area contributed by atoms with Gasteiger partial charge in [-0.25, -0.2) is 0 Å². The number of aromatic nitrogens is 3. The first-order chi connectivity index (χ1) is 8.80. The third kappa shape index (κ3) is 2.15. The topological polar surface area (TPSA) is 63.2 Å². The number of allylic oxidation sites excluding steroid dienone is 1. The molecule has 2 heterocycles. The standard InChI is InChI=1S/C13H14N4O/c1-4-13(18-3)10-8-15-11(5-12(10)14-2)9-6-16-17-7-9/h4-8H,2H2,1,3H3,(H,16,17)/b13-4+. The van der Waals surface area contributed by atoms with E-state index < -0.39 is 0 Å². The van der Waals surface area contributed by atoms with Gasteiger partial charge in [0.25, 0.3) is 0 Å². The Balaban J connectivity index is 2.50. The maximum absolute atomic E-state index is 5.27. The van der Waals surface area contributed by atoms with E-state index in [1.54, 1.807) is 25.7 Å². The van der Waals surface area contributed by atoms with Gasteiger partial charge in [-0.1, -0.05) is 0 Å². The number of H-pyrrole nitrogens is 1. The number of aromatic amines is 1. The minimum Gasteiger partial charge on any atom is -0.496 e. The van der Waals surface area contributed by atoms with E-state index in [1.165, 1.54) is 0 Å². The van der Waals surface area contributed by atoms with Crippen molar-refractivity contribution in [2.24, 2.45) is 4.99 Å². The predicted octanol–water partition coefficient (Wildman–Crippen LogP) is 2.81. The molecule has 2 aromatic rings. The van der Waals surface area contributed by atoms with Crippen molar-refractivity contribution in [3.05, 3.63) is 36.3 Å². The highest BCUT2D eigenvalue weighted by atomic mass is 16.5. The molecule has 0 atom stereocenters. The van der Waals surface area contributed by atoms with E-state index in [2.05, 4.69) is 26.9 Å². The van der Waals surface area contributed by atoms with E-state index in [1.807, 2.05) is 19.1 Å². The van der Waals surface area contributed by atoms with Crippen molar-refractivity contribution in [3.63, 3.8) is 0 Å². The number of hydrogen-bond donors (Lipinski definition) is 1. The fourth-order valence-electron chi connectivity index (χ4n) is 1.70. The molecule has 2 aromatic heterocycles. The van der Waals surface area contributed by atoms with Gasteiger partial charge in [-0.2, -0.15) is 5.10 Å². The molecular weight excluding hydrogens is 228 g/mol. The molecule has 0 saturated heterocycles. The minimum absolute atomic E-state index is 0.726. The quantitative estimate of drug-likeness (QED) is 0.662.